The summed E-state index contributed by atoms with van der Waals surface area (Å²) in [6.07, 6.45) is 4.96. The van der Waals surface area contributed by atoms with Gasteiger partial charge in [0.05, 0.1) is 23.3 Å². The van der Waals surface area contributed by atoms with Gasteiger partial charge in [0.15, 0.2) is 0 Å². The van der Waals surface area contributed by atoms with E-state index in [1.165, 1.54) is 4.31 Å². The van der Waals surface area contributed by atoms with E-state index in [1.54, 1.807) is 30.3 Å². The number of rotatable bonds is 4. The Labute approximate surface area is 146 Å². The summed E-state index contributed by atoms with van der Waals surface area (Å²) >= 11 is 0. The molecule has 3 rings (SSSR count). The number of carboxylic acids is 1. The highest BCUT2D eigenvalue weighted by molar-refractivity contribution is 7.93. The number of carboxylic acid groups (broad SMARTS) is 1. The first kappa shape index (κ1) is 17.5. The quantitative estimate of drug-likeness (QED) is 0.793. The fourth-order valence-electron chi connectivity index (χ4n) is 3.25. The molecule has 2 atom stereocenters. The molecule has 7 nitrogen and oxygen atoms in total. The van der Waals surface area contributed by atoms with Crippen LogP contribution in [-0.2, 0) is 19.6 Å². The van der Waals surface area contributed by atoms with Crippen LogP contribution in [0.5, 0.6) is 0 Å². The number of hydrogen-bond donors (Lipinski definition) is 2. The third kappa shape index (κ3) is 3.68. The number of hydrogen-bond acceptors (Lipinski definition) is 4. The number of anilines is 2. The topological polar surface area (TPSA) is 104 Å². The second-order valence-corrected chi connectivity index (χ2v) is 8.28. The number of allylic oxidation sites excluding steroid dienone is 2. The molecule has 1 aliphatic heterocycles. The summed E-state index contributed by atoms with van der Waals surface area (Å²) in [5.41, 5.74) is 1.09. The summed E-state index contributed by atoms with van der Waals surface area (Å²) in [4.78, 5) is 23.7. The monoisotopic (exact) mass is 364 g/mol. The molecule has 25 heavy (non-hydrogen) atoms. The van der Waals surface area contributed by atoms with E-state index in [2.05, 4.69) is 5.32 Å². The Morgan fingerprint density at radius 1 is 1.08 bits per heavy atom. The van der Waals surface area contributed by atoms with Crippen LogP contribution >= 0.6 is 0 Å². The first-order valence-electron chi connectivity index (χ1n) is 8.17. The van der Waals surface area contributed by atoms with E-state index >= 15 is 0 Å². The molecule has 1 aromatic carbocycles. The van der Waals surface area contributed by atoms with Gasteiger partial charge in [-0.3, -0.25) is 13.9 Å². The van der Waals surface area contributed by atoms with E-state index in [0.717, 1.165) is 0 Å². The van der Waals surface area contributed by atoms with Crippen LogP contribution in [0.25, 0.3) is 0 Å². The van der Waals surface area contributed by atoms with Gasteiger partial charge < -0.3 is 10.4 Å². The van der Waals surface area contributed by atoms with E-state index in [9.17, 15) is 23.1 Å². The number of sulfonamides is 1. The number of nitrogens with one attached hydrogen (secondary N) is 1. The molecule has 0 aromatic heterocycles. The van der Waals surface area contributed by atoms with Gasteiger partial charge in [-0.2, -0.15) is 0 Å². The highest BCUT2D eigenvalue weighted by atomic mass is 32.2. The van der Waals surface area contributed by atoms with Crippen molar-refractivity contribution in [1.29, 1.82) is 0 Å². The molecule has 8 heteroatoms. The van der Waals surface area contributed by atoms with Gasteiger partial charge in [-0.15, -0.1) is 0 Å². The zero-order chi connectivity index (χ0) is 18.0. The summed E-state index contributed by atoms with van der Waals surface area (Å²) in [6, 6.07) is 6.56. The second kappa shape index (κ2) is 6.87. The standard InChI is InChI=1S/C17H20N2O5S/c20-16(14-4-1-2-5-15(14)17(21)22)18-12-6-8-13(9-7-12)19-10-3-11-25(19,23)24/h1-2,6-9,14-15H,3-5,10-11H2,(H,18,20)(H,21,22)/t14-,15-/m0/s1. The molecule has 2 N–H and O–H groups in total. The molecule has 1 aliphatic carbocycles. The molecule has 1 aromatic rings. The van der Waals surface area contributed by atoms with Crippen LogP contribution < -0.4 is 9.62 Å². The van der Waals surface area contributed by atoms with Gasteiger partial charge in [-0.1, -0.05) is 12.2 Å². The van der Waals surface area contributed by atoms with Crippen LogP contribution in [0.2, 0.25) is 0 Å². The molecule has 1 amide bonds. The van der Waals surface area contributed by atoms with E-state index < -0.39 is 27.8 Å². The summed E-state index contributed by atoms with van der Waals surface area (Å²) in [5, 5.41) is 12.0. The lowest BCUT2D eigenvalue weighted by molar-refractivity contribution is -0.146. The first-order valence-corrected chi connectivity index (χ1v) is 9.78. The van der Waals surface area contributed by atoms with Crippen molar-refractivity contribution in [3.63, 3.8) is 0 Å². The van der Waals surface area contributed by atoms with Crippen LogP contribution in [0.4, 0.5) is 11.4 Å². The maximum Gasteiger partial charge on any atom is 0.307 e. The lowest BCUT2D eigenvalue weighted by atomic mass is 9.82. The first-order chi connectivity index (χ1) is 11.9. The third-order valence-electron chi connectivity index (χ3n) is 4.61. The van der Waals surface area contributed by atoms with Crippen molar-refractivity contribution in [2.24, 2.45) is 11.8 Å². The molecule has 0 bridgehead atoms. The van der Waals surface area contributed by atoms with Crippen LogP contribution in [0.1, 0.15) is 19.3 Å². The molecule has 0 saturated carbocycles. The molecule has 134 valence electrons. The fourth-order valence-corrected chi connectivity index (χ4v) is 4.82. The largest absolute Gasteiger partial charge is 0.481 e. The van der Waals surface area contributed by atoms with Crippen molar-refractivity contribution in [3.05, 3.63) is 36.4 Å². The number of amides is 1. The highest BCUT2D eigenvalue weighted by Crippen LogP contribution is 2.28. The van der Waals surface area contributed by atoms with Crippen molar-refractivity contribution >= 4 is 33.3 Å². The van der Waals surface area contributed by atoms with Gasteiger partial charge >= 0.3 is 5.97 Å². The maximum absolute atomic E-state index is 12.4. The summed E-state index contributed by atoms with van der Waals surface area (Å²) in [6.45, 7) is 0.461. The molecule has 0 unspecified atom stereocenters. The Kier molecular flexibility index (Phi) is 4.80. The maximum atomic E-state index is 12.4. The SMILES string of the molecule is O=C(O)[C@H]1CC=CC[C@@H]1C(=O)Nc1ccc(N2CCCS2(=O)=O)cc1. The van der Waals surface area contributed by atoms with Crippen molar-refractivity contribution < 1.29 is 23.1 Å². The number of benzene rings is 1. The average Bonchev–Trinajstić information content (AvgIpc) is 2.94. The minimum Gasteiger partial charge on any atom is -0.481 e. The van der Waals surface area contributed by atoms with E-state index in [-0.39, 0.29) is 11.7 Å². The minimum absolute atomic E-state index is 0.150. The van der Waals surface area contributed by atoms with Crippen molar-refractivity contribution in [2.75, 3.05) is 21.9 Å². The number of nitrogens with zero attached hydrogens (tertiary/aromatic N) is 1. The zero-order valence-corrected chi connectivity index (χ0v) is 14.4. The number of carbonyl (C=O) groups excluding carboxylic acids is 1. The smallest absolute Gasteiger partial charge is 0.307 e. The van der Waals surface area contributed by atoms with Gasteiger partial charge in [-0.05, 0) is 43.5 Å². The minimum atomic E-state index is -3.24. The van der Waals surface area contributed by atoms with Crippen LogP contribution in [0.3, 0.4) is 0 Å². The molecule has 0 radical (unpaired) electrons. The normalized spacial score (nSPS) is 24.9. The fraction of sp³-hybridized carbons (Fsp3) is 0.412. The molecule has 0 spiro atoms. The Morgan fingerprint density at radius 2 is 1.72 bits per heavy atom. The molecule has 2 aliphatic rings. The Morgan fingerprint density at radius 3 is 2.28 bits per heavy atom. The van der Waals surface area contributed by atoms with Crippen molar-refractivity contribution in [1.82, 2.24) is 0 Å². The molecular formula is C17H20N2O5S. The zero-order valence-electron chi connectivity index (χ0n) is 13.6. The van der Waals surface area contributed by atoms with Crippen LogP contribution in [-0.4, -0.2) is 37.7 Å². The number of aliphatic carboxylic acids is 1. The Hall–Kier alpha value is -2.35. The van der Waals surface area contributed by atoms with Crippen LogP contribution in [0, 0.1) is 11.8 Å². The average molecular weight is 364 g/mol. The second-order valence-electron chi connectivity index (χ2n) is 6.27. The van der Waals surface area contributed by atoms with Crippen molar-refractivity contribution in [2.45, 2.75) is 19.3 Å². The predicted molar refractivity (Wildman–Crippen MR) is 93.8 cm³/mol. The van der Waals surface area contributed by atoms with Crippen LogP contribution in [0.15, 0.2) is 36.4 Å². The molecule has 1 saturated heterocycles. The van der Waals surface area contributed by atoms with Crippen molar-refractivity contribution in [3.8, 4) is 0 Å². The van der Waals surface area contributed by atoms with Gasteiger partial charge in [0.2, 0.25) is 15.9 Å². The van der Waals surface area contributed by atoms with Gasteiger partial charge in [0.1, 0.15) is 0 Å². The highest BCUT2D eigenvalue weighted by Gasteiger charge is 2.34. The lowest BCUT2D eigenvalue weighted by Crippen LogP contribution is -2.34. The van der Waals surface area contributed by atoms with Gasteiger partial charge in [-0.25, -0.2) is 8.42 Å². The van der Waals surface area contributed by atoms with E-state index in [4.69, 9.17) is 0 Å². The van der Waals surface area contributed by atoms with Gasteiger partial charge in [0.25, 0.3) is 0 Å². The lowest BCUT2D eigenvalue weighted by Gasteiger charge is -2.24. The van der Waals surface area contributed by atoms with E-state index in [0.29, 0.717) is 37.2 Å². The third-order valence-corrected chi connectivity index (χ3v) is 6.48. The Bertz CT molecular complexity index is 801. The van der Waals surface area contributed by atoms with E-state index in [1.807, 2.05) is 6.08 Å². The molecular weight excluding hydrogens is 344 g/mol. The number of carbonyl (C=O) groups is 2. The van der Waals surface area contributed by atoms with Gasteiger partial charge in [0, 0.05) is 12.2 Å². The summed E-state index contributed by atoms with van der Waals surface area (Å²) < 4.78 is 25.2. The predicted octanol–water partition coefficient (Wildman–Crippen LogP) is 1.83. The Balaban J connectivity index is 1.70. The summed E-state index contributed by atoms with van der Waals surface area (Å²) in [5.74, 6) is -2.49. The molecule has 1 fully saturated rings. The summed E-state index contributed by atoms with van der Waals surface area (Å²) in [7, 11) is -3.24. The molecule has 1 heterocycles.